The average Bonchev–Trinajstić information content (AvgIpc) is 2.99. The Morgan fingerprint density at radius 2 is 1.74 bits per heavy atom. The van der Waals surface area contributed by atoms with E-state index in [4.69, 9.17) is 9.47 Å². The largest absolute Gasteiger partial charge is 0.446 e. The number of carbonyl (C=O) groups excluding carboxylic acids is 2. The molecule has 1 fully saturated rings. The van der Waals surface area contributed by atoms with Gasteiger partial charge in [-0.25, -0.2) is 9.69 Å². The van der Waals surface area contributed by atoms with Gasteiger partial charge in [0.2, 0.25) is 0 Å². The smallest absolute Gasteiger partial charge is 0.417 e. The molecule has 1 aliphatic heterocycles. The Hall–Kier alpha value is -2.66. The van der Waals surface area contributed by atoms with Gasteiger partial charge in [-0.1, -0.05) is 60.7 Å². The molecule has 0 aromatic heterocycles. The summed E-state index contributed by atoms with van der Waals surface area (Å²) in [5, 5.41) is 0. The zero-order valence-corrected chi connectivity index (χ0v) is 12.7. The van der Waals surface area contributed by atoms with Gasteiger partial charge in [0.25, 0.3) is 5.91 Å². The standard InChI is InChI=1S/C18H17NO4/c1-22-16(14-10-6-3-7-11-14)17(20)19-15(12-23-18(19)21)13-8-4-2-5-9-13/h2-11,15-16H,12H2,1H3/t15-,16+/m0/s1. The number of nitrogens with zero attached hydrogens (tertiary/aromatic N) is 1. The van der Waals surface area contributed by atoms with E-state index in [-0.39, 0.29) is 6.61 Å². The third-order valence-electron chi connectivity index (χ3n) is 3.86. The number of hydrogen-bond donors (Lipinski definition) is 0. The lowest BCUT2D eigenvalue weighted by atomic mass is 10.0. The van der Waals surface area contributed by atoms with Crippen LogP contribution in [0.2, 0.25) is 0 Å². The maximum Gasteiger partial charge on any atom is 0.417 e. The summed E-state index contributed by atoms with van der Waals surface area (Å²) in [4.78, 5) is 26.1. The van der Waals surface area contributed by atoms with E-state index >= 15 is 0 Å². The van der Waals surface area contributed by atoms with Gasteiger partial charge >= 0.3 is 6.09 Å². The summed E-state index contributed by atoms with van der Waals surface area (Å²) in [6.07, 6.45) is -1.48. The summed E-state index contributed by atoms with van der Waals surface area (Å²) < 4.78 is 10.4. The van der Waals surface area contributed by atoms with Crippen LogP contribution in [0.25, 0.3) is 0 Å². The van der Waals surface area contributed by atoms with Gasteiger partial charge in [0.15, 0.2) is 6.10 Å². The van der Waals surface area contributed by atoms with Crippen LogP contribution in [0.3, 0.4) is 0 Å². The van der Waals surface area contributed by atoms with E-state index in [0.29, 0.717) is 5.56 Å². The number of amides is 2. The Balaban J connectivity index is 1.91. The lowest BCUT2D eigenvalue weighted by Gasteiger charge is -2.24. The number of benzene rings is 2. The van der Waals surface area contributed by atoms with Crippen molar-refractivity contribution in [1.82, 2.24) is 4.90 Å². The summed E-state index contributed by atoms with van der Waals surface area (Å²) in [6.45, 7) is 0.153. The highest BCUT2D eigenvalue weighted by Gasteiger charge is 2.42. The number of imide groups is 1. The Kier molecular flexibility index (Phi) is 4.39. The molecular weight excluding hydrogens is 294 g/mol. The predicted octanol–water partition coefficient (Wildman–Crippen LogP) is 3.09. The molecule has 0 unspecified atom stereocenters. The molecule has 23 heavy (non-hydrogen) atoms. The van der Waals surface area contributed by atoms with Crippen molar-refractivity contribution in [2.24, 2.45) is 0 Å². The van der Waals surface area contributed by atoms with Crippen LogP contribution in [0.1, 0.15) is 23.3 Å². The maximum absolute atomic E-state index is 12.9. The van der Waals surface area contributed by atoms with E-state index in [9.17, 15) is 9.59 Å². The first-order valence-corrected chi connectivity index (χ1v) is 7.35. The first-order valence-electron chi connectivity index (χ1n) is 7.35. The minimum Gasteiger partial charge on any atom is -0.446 e. The van der Waals surface area contributed by atoms with Gasteiger partial charge in [-0.2, -0.15) is 0 Å². The van der Waals surface area contributed by atoms with Crippen LogP contribution in [-0.2, 0) is 14.3 Å². The Morgan fingerprint density at radius 1 is 1.13 bits per heavy atom. The minimum absolute atomic E-state index is 0.153. The summed E-state index contributed by atoms with van der Waals surface area (Å²) >= 11 is 0. The molecule has 5 heteroatoms. The first kappa shape index (κ1) is 15.2. The van der Waals surface area contributed by atoms with Crippen LogP contribution in [0.5, 0.6) is 0 Å². The van der Waals surface area contributed by atoms with Crippen LogP contribution >= 0.6 is 0 Å². The van der Waals surface area contributed by atoms with Crippen molar-refractivity contribution >= 4 is 12.0 Å². The Labute approximate surface area is 134 Å². The molecule has 0 saturated carbocycles. The van der Waals surface area contributed by atoms with Crippen molar-refractivity contribution in [2.75, 3.05) is 13.7 Å². The third kappa shape index (κ3) is 2.96. The van der Waals surface area contributed by atoms with E-state index in [2.05, 4.69) is 0 Å². The highest BCUT2D eigenvalue weighted by molar-refractivity contribution is 5.96. The SMILES string of the molecule is CO[C@@H](C(=O)N1C(=O)OC[C@H]1c1ccccc1)c1ccccc1. The minimum atomic E-state index is -0.840. The molecule has 0 radical (unpaired) electrons. The molecule has 2 atom stereocenters. The molecule has 0 bridgehead atoms. The highest BCUT2D eigenvalue weighted by atomic mass is 16.6. The van der Waals surface area contributed by atoms with Crippen molar-refractivity contribution in [2.45, 2.75) is 12.1 Å². The number of carbonyl (C=O) groups is 2. The topological polar surface area (TPSA) is 55.8 Å². The van der Waals surface area contributed by atoms with E-state index in [1.165, 1.54) is 7.11 Å². The molecule has 2 aromatic rings. The lowest BCUT2D eigenvalue weighted by molar-refractivity contribution is -0.140. The van der Waals surface area contributed by atoms with Gasteiger partial charge in [-0.3, -0.25) is 4.79 Å². The number of cyclic esters (lactones) is 1. The molecule has 5 nitrogen and oxygen atoms in total. The highest BCUT2D eigenvalue weighted by Crippen LogP contribution is 2.31. The molecule has 2 aromatic carbocycles. The number of methoxy groups -OCH3 is 1. The van der Waals surface area contributed by atoms with E-state index in [0.717, 1.165) is 10.5 Å². The third-order valence-corrected chi connectivity index (χ3v) is 3.86. The van der Waals surface area contributed by atoms with E-state index in [1.807, 2.05) is 48.5 Å². The van der Waals surface area contributed by atoms with Crippen LogP contribution in [0.4, 0.5) is 4.79 Å². The Bertz CT molecular complexity index is 687. The molecule has 1 aliphatic rings. The molecule has 3 rings (SSSR count). The van der Waals surface area contributed by atoms with Crippen molar-refractivity contribution in [3.8, 4) is 0 Å². The average molecular weight is 311 g/mol. The molecule has 0 N–H and O–H groups in total. The normalized spacial score (nSPS) is 18.6. The second-order valence-electron chi connectivity index (χ2n) is 5.24. The summed E-state index contributed by atoms with van der Waals surface area (Å²) in [5.41, 5.74) is 1.56. The lowest BCUT2D eigenvalue weighted by Crippen LogP contribution is -2.38. The molecule has 1 saturated heterocycles. The fraction of sp³-hybridized carbons (Fsp3) is 0.222. The fourth-order valence-electron chi connectivity index (χ4n) is 2.72. The number of hydrogen-bond acceptors (Lipinski definition) is 4. The van der Waals surface area contributed by atoms with Gasteiger partial charge in [0.05, 0.1) is 0 Å². The van der Waals surface area contributed by atoms with Gasteiger partial charge < -0.3 is 9.47 Å². The quantitative estimate of drug-likeness (QED) is 0.870. The van der Waals surface area contributed by atoms with Crippen molar-refractivity contribution in [3.63, 3.8) is 0 Å². The summed E-state index contributed by atoms with van der Waals surface area (Å²) in [5.74, 6) is -0.421. The van der Waals surface area contributed by atoms with Crippen LogP contribution < -0.4 is 0 Å². The van der Waals surface area contributed by atoms with Crippen LogP contribution in [0.15, 0.2) is 60.7 Å². The second kappa shape index (κ2) is 6.62. The van der Waals surface area contributed by atoms with Gasteiger partial charge in [-0.05, 0) is 11.1 Å². The van der Waals surface area contributed by atoms with E-state index < -0.39 is 24.1 Å². The molecule has 0 spiro atoms. The monoisotopic (exact) mass is 311 g/mol. The van der Waals surface area contributed by atoms with Gasteiger partial charge in [0, 0.05) is 7.11 Å². The predicted molar refractivity (Wildman–Crippen MR) is 83.6 cm³/mol. The van der Waals surface area contributed by atoms with E-state index in [1.54, 1.807) is 12.1 Å². The Morgan fingerprint density at radius 3 is 2.35 bits per heavy atom. The van der Waals surface area contributed by atoms with Crippen LogP contribution in [0, 0.1) is 0 Å². The zero-order chi connectivity index (χ0) is 16.2. The molecular formula is C18H17NO4. The van der Waals surface area contributed by atoms with Crippen LogP contribution in [-0.4, -0.2) is 30.6 Å². The van der Waals surface area contributed by atoms with Gasteiger partial charge in [-0.15, -0.1) is 0 Å². The molecule has 118 valence electrons. The molecule has 2 amide bonds. The second-order valence-corrected chi connectivity index (χ2v) is 5.24. The van der Waals surface area contributed by atoms with Crippen molar-refractivity contribution in [3.05, 3.63) is 71.8 Å². The first-order chi connectivity index (χ1) is 11.2. The number of ether oxygens (including phenoxy) is 2. The van der Waals surface area contributed by atoms with Crippen molar-refractivity contribution in [1.29, 1.82) is 0 Å². The summed E-state index contributed by atoms with van der Waals surface area (Å²) in [6, 6.07) is 18.0. The molecule has 1 heterocycles. The molecule has 0 aliphatic carbocycles. The zero-order valence-electron chi connectivity index (χ0n) is 12.7. The number of rotatable bonds is 4. The fourth-order valence-corrected chi connectivity index (χ4v) is 2.72. The maximum atomic E-state index is 12.9. The van der Waals surface area contributed by atoms with Gasteiger partial charge in [0.1, 0.15) is 12.6 Å². The summed E-state index contributed by atoms with van der Waals surface area (Å²) in [7, 11) is 1.45. The van der Waals surface area contributed by atoms with Crippen molar-refractivity contribution < 1.29 is 19.1 Å².